The minimum absolute atomic E-state index is 0.0985. The van der Waals surface area contributed by atoms with Crippen molar-refractivity contribution < 1.29 is 9.63 Å². The predicted molar refractivity (Wildman–Crippen MR) is 57.7 cm³/mol. The van der Waals surface area contributed by atoms with Crippen molar-refractivity contribution in [3.05, 3.63) is 11.7 Å². The van der Waals surface area contributed by atoms with Gasteiger partial charge in [0.25, 0.3) is 0 Å². The normalized spacial score (nSPS) is 16.4. The first kappa shape index (κ1) is 12.2. The third-order valence-corrected chi connectivity index (χ3v) is 2.50. The molecule has 0 radical (unpaired) electrons. The van der Waals surface area contributed by atoms with Crippen molar-refractivity contribution >= 4 is 0 Å². The van der Waals surface area contributed by atoms with Crippen molar-refractivity contribution in [2.24, 2.45) is 0 Å². The van der Waals surface area contributed by atoms with Crippen molar-refractivity contribution in [3.8, 4) is 0 Å². The molecule has 0 spiro atoms. The van der Waals surface area contributed by atoms with Crippen molar-refractivity contribution in [1.82, 2.24) is 10.1 Å². The van der Waals surface area contributed by atoms with Crippen LogP contribution in [0.25, 0.3) is 0 Å². The van der Waals surface area contributed by atoms with Gasteiger partial charge in [-0.15, -0.1) is 0 Å². The standard InChI is InChI=1S/C11H20N2O2/c1-6-8(14)7(2)9-12-10(13-15-9)11(3,4)5/h7-8,14H,6H2,1-5H3. The Balaban J connectivity index is 2.85. The van der Waals surface area contributed by atoms with Crippen LogP contribution < -0.4 is 0 Å². The number of nitrogens with zero attached hydrogens (tertiary/aromatic N) is 2. The van der Waals surface area contributed by atoms with Crippen LogP contribution in [-0.4, -0.2) is 21.4 Å². The zero-order chi connectivity index (χ0) is 11.6. The maximum Gasteiger partial charge on any atom is 0.232 e. The molecule has 1 aromatic rings. The van der Waals surface area contributed by atoms with Gasteiger partial charge in [-0.25, -0.2) is 0 Å². The molecule has 0 bridgehead atoms. The van der Waals surface area contributed by atoms with Crippen molar-refractivity contribution in [1.29, 1.82) is 0 Å². The van der Waals surface area contributed by atoms with Crippen LogP contribution in [0.15, 0.2) is 4.52 Å². The minimum Gasteiger partial charge on any atom is -0.392 e. The average Bonchev–Trinajstić information content (AvgIpc) is 2.63. The third kappa shape index (κ3) is 2.78. The monoisotopic (exact) mass is 212 g/mol. The van der Waals surface area contributed by atoms with Gasteiger partial charge < -0.3 is 9.63 Å². The number of hydrogen-bond donors (Lipinski definition) is 1. The Kier molecular flexibility index (Phi) is 3.50. The molecule has 0 fully saturated rings. The fraction of sp³-hybridized carbons (Fsp3) is 0.818. The van der Waals surface area contributed by atoms with E-state index >= 15 is 0 Å². The number of hydrogen-bond acceptors (Lipinski definition) is 4. The second kappa shape index (κ2) is 4.31. The molecule has 0 aliphatic heterocycles. The highest BCUT2D eigenvalue weighted by atomic mass is 16.5. The molecule has 0 aliphatic carbocycles. The van der Waals surface area contributed by atoms with E-state index in [1.54, 1.807) is 0 Å². The highest BCUT2D eigenvalue weighted by molar-refractivity contribution is 5.03. The molecule has 0 aromatic carbocycles. The van der Waals surface area contributed by atoms with Gasteiger partial charge >= 0.3 is 0 Å². The highest BCUT2D eigenvalue weighted by Gasteiger charge is 2.25. The number of aliphatic hydroxyl groups excluding tert-OH is 1. The van der Waals surface area contributed by atoms with Gasteiger partial charge in [0.1, 0.15) is 0 Å². The molecule has 2 atom stereocenters. The van der Waals surface area contributed by atoms with E-state index in [9.17, 15) is 5.11 Å². The minimum atomic E-state index is -0.418. The Bertz CT molecular complexity index is 315. The van der Waals surface area contributed by atoms with Crippen LogP contribution >= 0.6 is 0 Å². The Labute approximate surface area is 90.7 Å². The van der Waals surface area contributed by atoms with E-state index in [2.05, 4.69) is 10.1 Å². The van der Waals surface area contributed by atoms with E-state index in [1.165, 1.54) is 0 Å². The number of aliphatic hydroxyl groups is 1. The van der Waals surface area contributed by atoms with Gasteiger partial charge in [0.15, 0.2) is 5.82 Å². The summed E-state index contributed by atoms with van der Waals surface area (Å²) in [7, 11) is 0. The molecule has 4 nitrogen and oxygen atoms in total. The molecule has 1 aromatic heterocycles. The first-order chi connectivity index (χ1) is 6.86. The smallest absolute Gasteiger partial charge is 0.232 e. The summed E-state index contributed by atoms with van der Waals surface area (Å²) in [6.45, 7) is 9.92. The molecule has 1 heterocycles. The van der Waals surface area contributed by atoms with Gasteiger partial charge in [0.05, 0.1) is 12.0 Å². The second-order valence-electron chi connectivity index (χ2n) is 4.97. The molecule has 0 amide bonds. The van der Waals surface area contributed by atoms with Crippen LogP contribution in [0.1, 0.15) is 58.7 Å². The van der Waals surface area contributed by atoms with E-state index in [4.69, 9.17) is 4.52 Å². The van der Waals surface area contributed by atoms with E-state index in [1.807, 2.05) is 34.6 Å². The van der Waals surface area contributed by atoms with Gasteiger partial charge in [0, 0.05) is 5.41 Å². The zero-order valence-electron chi connectivity index (χ0n) is 10.1. The molecule has 0 saturated heterocycles. The summed E-state index contributed by atoms with van der Waals surface area (Å²) in [5.41, 5.74) is -0.112. The van der Waals surface area contributed by atoms with Gasteiger partial charge in [-0.3, -0.25) is 0 Å². The lowest BCUT2D eigenvalue weighted by molar-refractivity contribution is 0.129. The van der Waals surface area contributed by atoms with E-state index in [0.717, 1.165) is 0 Å². The molecule has 1 rings (SSSR count). The average molecular weight is 212 g/mol. The van der Waals surface area contributed by atoms with E-state index in [-0.39, 0.29) is 11.3 Å². The molecular formula is C11H20N2O2. The van der Waals surface area contributed by atoms with Crippen molar-refractivity contribution in [2.45, 2.75) is 58.5 Å². The Morgan fingerprint density at radius 3 is 2.40 bits per heavy atom. The topological polar surface area (TPSA) is 59.2 Å². The van der Waals surface area contributed by atoms with Gasteiger partial charge in [-0.05, 0) is 6.42 Å². The van der Waals surface area contributed by atoms with Gasteiger partial charge in [0.2, 0.25) is 5.89 Å². The van der Waals surface area contributed by atoms with Crippen molar-refractivity contribution in [3.63, 3.8) is 0 Å². The van der Waals surface area contributed by atoms with Crippen LogP contribution in [0.5, 0.6) is 0 Å². The summed E-state index contributed by atoms with van der Waals surface area (Å²) in [6.07, 6.45) is 0.271. The van der Waals surface area contributed by atoms with Crippen LogP contribution in [-0.2, 0) is 5.41 Å². The summed E-state index contributed by atoms with van der Waals surface area (Å²) < 4.78 is 5.15. The largest absolute Gasteiger partial charge is 0.392 e. The Hall–Kier alpha value is -0.900. The maximum absolute atomic E-state index is 9.66. The highest BCUT2D eigenvalue weighted by Crippen LogP contribution is 2.23. The molecule has 0 aliphatic rings. The Morgan fingerprint density at radius 2 is 2.00 bits per heavy atom. The summed E-state index contributed by atoms with van der Waals surface area (Å²) in [5.74, 6) is 1.11. The summed E-state index contributed by atoms with van der Waals surface area (Å²) in [4.78, 5) is 4.31. The summed E-state index contributed by atoms with van der Waals surface area (Å²) in [6, 6.07) is 0. The number of aromatic nitrogens is 2. The van der Waals surface area contributed by atoms with Crippen LogP contribution in [0, 0.1) is 0 Å². The zero-order valence-corrected chi connectivity index (χ0v) is 10.1. The number of rotatable bonds is 3. The molecular weight excluding hydrogens is 192 g/mol. The lowest BCUT2D eigenvalue weighted by atomic mass is 9.96. The fourth-order valence-electron chi connectivity index (χ4n) is 1.24. The molecule has 2 unspecified atom stereocenters. The Morgan fingerprint density at radius 1 is 1.40 bits per heavy atom. The van der Waals surface area contributed by atoms with Gasteiger partial charge in [-0.2, -0.15) is 4.98 Å². The van der Waals surface area contributed by atoms with E-state index in [0.29, 0.717) is 18.1 Å². The SMILES string of the molecule is CCC(O)C(C)c1nc(C(C)(C)C)no1. The van der Waals surface area contributed by atoms with E-state index < -0.39 is 6.10 Å². The predicted octanol–water partition coefficient (Wildman–Crippen LogP) is 2.24. The second-order valence-corrected chi connectivity index (χ2v) is 4.97. The maximum atomic E-state index is 9.66. The fourth-order valence-corrected chi connectivity index (χ4v) is 1.24. The first-order valence-corrected chi connectivity index (χ1v) is 5.38. The molecule has 0 saturated carbocycles. The molecule has 86 valence electrons. The first-order valence-electron chi connectivity index (χ1n) is 5.38. The third-order valence-electron chi connectivity index (χ3n) is 2.50. The summed E-state index contributed by atoms with van der Waals surface area (Å²) in [5, 5.41) is 13.6. The molecule has 1 N–H and O–H groups in total. The van der Waals surface area contributed by atoms with Crippen LogP contribution in [0.4, 0.5) is 0 Å². The van der Waals surface area contributed by atoms with Gasteiger partial charge in [-0.1, -0.05) is 39.8 Å². The molecule has 4 heteroatoms. The lowest BCUT2D eigenvalue weighted by Gasteiger charge is -2.13. The summed E-state index contributed by atoms with van der Waals surface area (Å²) >= 11 is 0. The molecule has 15 heavy (non-hydrogen) atoms. The van der Waals surface area contributed by atoms with Crippen LogP contribution in [0.2, 0.25) is 0 Å². The van der Waals surface area contributed by atoms with Crippen LogP contribution in [0.3, 0.4) is 0 Å². The van der Waals surface area contributed by atoms with Crippen molar-refractivity contribution in [2.75, 3.05) is 0 Å². The quantitative estimate of drug-likeness (QED) is 0.834. The lowest BCUT2D eigenvalue weighted by Crippen LogP contribution is -2.16.